The second-order valence-corrected chi connectivity index (χ2v) is 7.24. The zero-order valence-electron chi connectivity index (χ0n) is 16.0. The van der Waals surface area contributed by atoms with Gasteiger partial charge in [0.1, 0.15) is 5.69 Å². The van der Waals surface area contributed by atoms with Gasteiger partial charge in [-0.3, -0.25) is 14.9 Å². The van der Waals surface area contributed by atoms with Crippen LogP contribution in [-0.4, -0.2) is 37.3 Å². The summed E-state index contributed by atoms with van der Waals surface area (Å²) in [4.78, 5) is 25.4. The molecule has 2 aromatic carbocycles. The maximum absolute atomic E-state index is 12.5. The van der Waals surface area contributed by atoms with Crippen LogP contribution in [0.15, 0.2) is 42.5 Å². The molecule has 0 spiro atoms. The summed E-state index contributed by atoms with van der Waals surface area (Å²) < 4.78 is 10.7. The van der Waals surface area contributed by atoms with Crippen LogP contribution in [0.25, 0.3) is 0 Å². The van der Waals surface area contributed by atoms with Crippen LogP contribution in [0.1, 0.15) is 18.4 Å². The van der Waals surface area contributed by atoms with Gasteiger partial charge < -0.3 is 19.7 Å². The number of nitrogens with zero attached hydrogens (tertiary/aromatic N) is 2. The average molecular weight is 397 g/mol. The Labute approximate surface area is 168 Å². The molecule has 29 heavy (non-hydrogen) atoms. The summed E-state index contributed by atoms with van der Waals surface area (Å²) in [5, 5.41) is 14.2. The minimum Gasteiger partial charge on any atom is -0.454 e. The number of carbonyl (C=O) groups is 1. The molecule has 1 fully saturated rings. The second kappa shape index (κ2) is 8.38. The number of amides is 1. The van der Waals surface area contributed by atoms with E-state index >= 15 is 0 Å². The van der Waals surface area contributed by atoms with Crippen molar-refractivity contribution in [3.05, 3.63) is 58.1 Å². The number of fused-ring (bicyclic) bond motifs is 1. The van der Waals surface area contributed by atoms with Gasteiger partial charge in [0.2, 0.25) is 12.7 Å². The fourth-order valence-corrected chi connectivity index (χ4v) is 3.84. The van der Waals surface area contributed by atoms with Crippen LogP contribution in [0.5, 0.6) is 11.5 Å². The Balaban J connectivity index is 1.26. The Morgan fingerprint density at radius 3 is 2.69 bits per heavy atom. The van der Waals surface area contributed by atoms with E-state index in [0.717, 1.165) is 23.5 Å². The quantitative estimate of drug-likeness (QED) is 0.595. The molecule has 0 unspecified atom stereocenters. The minimum atomic E-state index is -0.357. The zero-order valence-corrected chi connectivity index (χ0v) is 16.0. The number of nitro groups is 1. The predicted molar refractivity (Wildman–Crippen MR) is 107 cm³/mol. The Kier molecular flexibility index (Phi) is 5.50. The van der Waals surface area contributed by atoms with Crippen molar-refractivity contribution in [3.8, 4) is 11.5 Å². The van der Waals surface area contributed by atoms with Crippen LogP contribution in [0, 0.1) is 16.0 Å². The first-order chi connectivity index (χ1) is 14.1. The van der Waals surface area contributed by atoms with Crippen LogP contribution < -0.4 is 19.7 Å². The lowest BCUT2D eigenvalue weighted by atomic mass is 9.95. The molecule has 1 amide bonds. The number of nitro benzene ring substituents is 1. The minimum absolute atomic E-state index is 0.0490. The molecule has 2 aromatic rings. The Hall–Kier alpha value is -3.29. The highest BCUT2D eigenvalue weighted by atomic mass is 16.7. The molecule has 8 nitrogen and oxygen atoms in total. The molecule has 1 saturated heterocycles. The molecule has 2 heterocycles. The van der Waals surface area contributed by atoms with Gasteiger partial charge in [-0.2, -0.15) is 0 Å². The van der Waals surface area contributed by atoms with Crippen molar-refractivity contribution in [2.75, 3.05) is 31.3 Å². The molecule has 0 saturated carbocycles. The standard InChI is InChI=1S/C21H23N3O5/c25-21(22-10-7-15-5-6-19-20(13-15)29-14-28-19)16-8-11-23(12-9-16)17-3-1-2-4-18(17)24(26)27/h1-6,13,16H,7-12,14H2,(H,22,25). The van der Waals surface area contributed by atoms with Crippen molar-refractivity contribution in [2.45, 2.75) is 19.3 Å². The number of hydrogen-bond donors (Lipinski definition) is 1. The van der Waals surface area contributed by atoms with E-state index in [1.54, 1.807) is 18.2 Å². The molecular formula is C21H23N3O5. The molecule has 8 heteroatoms. The van der Waals surface area contributed by atoms with Crippen molar-refractivity contribution in [1.82, 2.24) is 5.32 Å². The van der Waals surface area contributed by atoms with Gasteiger partial charge in [0.15, 0.2) is 11.5 Å². The van der Waals surface area contributed by atoms with E-state index in [1.165, 1.54) is 6.07 Å². The molecule has 1 N–H and O–H groups in total. The molecule has 0 aliphatic carbocycles. The number of para-hydroxylation sites is 2. The number of anilines is 1. The lowest BCUT2D eigenvalue weighted by Gasteiger charge is -2.32. The maximum atomic E-state index is 12.5. The highest BCUT2D eigenvalue weighted by Gasteiger charge is 2.27. The van der Waals surface area contributed by atoms with Gasteiger partial charge in [-0.05, 0) is 43.0 Å². The SMILES string of the molecule is O=C(NCCc1ccc2c(c1)OCO2)C1CCN(c2ccccc2[N+](=O)[O-])CC1. The van der Waals surface area contributed by atoms with Gasteiger partial charge >= 0.3 is 0 Å². The topological polar surface area (TPSA) is 93.9 Å². The molecule has 2 aliphatic rings. The fraction of sp³-hybridized carbons (Fsp3) is 0.381. The number of hydrogen-bond acceptors (Lipinski definition) is 6. The number of ether oxygens (including phenoxy) is 2. The van der Waals surface area contributed by atoms with E-state index in [9.17, 15) is 14.9 Å². The largest absolute Gasteiger partial charge is 0.454 e. The van der Waals surface area contributed by atoms with Crippen molar-refractivity contribution in [1.29, 1.82) is 0 Å². The van der Waals surface area contributed by atoms with E-state index < -0.39 is 0 Å². The molecule has 2 aliphatic heterocycles. The normalized spacial score (nSPS) is 15.9. The Bertz CT molecular complexity index is 909. The van der Waals surface area contributed by atoms with Crippen LogP contribution in [-0.2, 0) is 11.2 Å². The van der Waals surface area contributed by atoms with Gasteiger partial charge in [-0.1, -0.05) is 18.2 Å². The third kappa shape index (κ3) is 4.26. The predicted octanol–water partition coefficient (Wildman–Crippen LogP) is 2.90. The molecule has 0 bridgehead atoms. The third-order valence-electron chi connectivity index (χ3n) is 5.43. The first kappa shape index (κ1) is 19.0. The lowest BCUT2D eigenvalue weighted by Crippen LogP contribution is -2.41. The maximum Gasteiger partial charge on any atom is 0.292 e. The molecule has 0 atom stereocenters. The van der Waals surface area contributed by atoms with Gasteiger partial charge in [0.05, 0.1) is 4.92 Å². The highest BCUT2D eigenvalue weighted by Crippen LogP contribution is 2.33. The summed E-state index contributed by atoms with van der Waals surface area (Å²) in [5.74, 6) is 1.48. The van der Waals surface area contributed by atoms with Gasteiger partial charge in [-0.25, -0.2) is 0 Å². The Morgan fingerprint density at radius 2 is 1.90 bits per heavy atom. The number of rotatable bonds is 6. The van der Waals surface area contributed by atoms with E-state index in [2.05, 4.69) is 5.32 Å². The van der Waals surface area contributed by atoms with E-state index in [4.69, 9.17) is 9.47 Å². The molecular weight excluding hydrogens is 374 g/mol. The van der Waals surface area contributed by atoms with Crippen LogP contribution in [0.2, 0.25) is 0 Å². The van der Waals surface area contributed by atoms with E-state index in [-0.39, 0.29) is 29.2 Å². The van der Waals surface area contributed by atoms with Crippen LogP contribution >= 0.6 is 0 Å². The summed E-state index contributed by atoms with van der Waals surface area (Å²) in [6, 6.07) is 12.6. The van der Waals surface area contributed by atoms with Gasteiger partial charge in [-0.15, -0.1) is 0 Å². The number of benzene rings is 2. The molecule has 4 rings (SSSR count). The zero-order chi connectivity index (χ0) is 20.2. The lowest BCUT2D eigenvalue weighted by molar-refractivity contribution is -0.384. The van der Waals surface area contributed by atoms with E-state index in [0.29, 0.717) is 38.2 Å². The third-order valence-corrected chi connectivity index (χ3v) is 5.43. The van der Waals surface area contributed by atoms with Crippen LogP contribution in [0.4, 0.5) is 11.4 Å². The van der Waals surface area contributed by atoms with Gasteiger partial charge in [0, 0.05) is 31.6 Å². The average Bonchev–Trinajstić information content (AvgIpc) is 3.21. The summed E-state index contributed by atoms with van der Waals surface area (Å²) in [6.45, 7) is 2.07. The summed E-state index contributed by atoms with van der Waals surface area (Å²) in [7, 11) is 0. The molecule has 0 radical (unpaired) electrons. The van der Waals surface area contributed by atoms with Crippen LogP contribution in [0.3, 0.4) is 0 Å². The smallest absolute Gasteiger partial charge is 0.292 e. The number of carbonyl (C=O) groups excluding carboxylic acids is 1. The Morgan fingerprint density at radius 1 is 1.14 bits per heavy atom. The first-order valence-corrected chi connectivity index (χ1v) is 9.76. The fourth-order valence-electron chi connectivity index (χ4n) is 3.84. The number of piperidine rings is 1. The number of nitrogens with one attached hydrogen (secondary N) is 1. The van der Waals surface area contributed by atoms with E-state index in [1.807, 2.05) is 23.1 Å². The van der Waals surface area contributed by atoms with Crippen molar-refractivity contribution in [3.63, 3.8) is 0 Å². The summed E-state index contributed by atoms with van der Waals surface area (Å²) >= 11 is 0. The summed E-state index contributed by atoms with van der Waals surface area (Å²) in [5.41, 5.74) is 1.82. The first-order valence-electron chi connectivity index (χ1n) is 9.76. The van der Waals surface area contributed by atoms with Crippen molar-refractivity contribution >= 4 is 17.3 Å². The molecule has 0 aromatic heterocycles. The van der Waals surface area contributed by atoms with Gasteiger partial charge in [0.25, 0.3) is 5.69 Å². The summed E-state index contributed by atoms with van der Waals surface area (Å²) in [6.07, 6.45) is 2.08. The van der Waals surface area contributed by atoms with Crippen molar-refractivity contribution in [2.24, 2.45) is 5.92 Å². The second-order valence-electron chi connectivity index (χ2n) is 7.24. The molecule has 152 valence electrons. The monoisotopic (exact) mass is 397 g/mol. The highest BCUT2D eigenvalue weighted by molar-refractivity contribution is 5.79. The van der Waals surface area contributed by atoms with Crippen molar-refractivity contribution < 1.29 is 19.2 Å².